The molecule has 1 fully saturated rings. The predicted molar refractivity (Wildman–Crippen MR) is 85.8 cm³/mol. The second kappa shape index (κ2) is 5.38. The van der Waals surface area contributed by atoms with E-state index in [1.807, 2.05) is 49.4 Å². The first-order chi connectivity index (χ1) is 10.5. The van der Waals surface area contributed by atoms with Gasteiger partial charge in [0.2, 0.25) is 0 Å². The van der Waals surface area contributed by atoms with Crippen LogP contribution in [-0.2, 0) is 10.3 Å². The predicted octanol–water partition coefficient (Wildman–Crippen LogP) is 2.86. The lowest BCUT2D eigenvalue weighted by Gasteiger charge is -2.20. The Morgan fingerprint density at radius 1 is 1.18 bits per heavy atom. The summed E-state index contributed by atoms with van der Waals surface area (Å²) in [4.78, 5) is 26.7. The SMILES string of the molecule is Cc1ccc(/C=N\N2C(=O)N[C@](C)(c3ccccc3)C2=O)s1. The van der Waals surface area contributed by atoms with Crippen molar-refractivity contribution in [3.8, 4) is 0 Å². The minimum atomic E-state index is -1.08. The summed E-state index contributed by atoms with van der Waals surface area (Å²) in [5.41, 5.74) is -0.348. The van der Waals surface area contributed by atoms with Crippen molar-refractivity contribution in [3.63, 3.8) is 0 Å². The summed E-state index contributed by atoms with van der Waals surface area (Å²) in [6.07, 6.45) is 1.53. The molecule has 2 aromatic rings. The van der Waals surface area contributed by atoms with Crippen LogP contribution in [0.3, 0.4) is 0 Å². The summed E-state index contributed by atoms with van der Waals surface area (Å²) in [6.45, 7) is 3.68. The maximum absolute atomic E-state index is 12.6. The van der Waals surface area contributed by atoms with E-state index in [2.05, 4.69) is 10.4 Å². The van der Waals surface area contributed by atoms with Gasteiger partial charge in [-0.15, -0.1) is 16.3 Å². The van der Waals surface area contributed by atoms with Gasteiger partial charge in [0.25, 0.3) is 5.91 Å². The highest BCUT2D eigenvalue weighted by molar-refractivity contribution is 7.13. The topological polar surface area (TPSA) is 61.8 Å². The van der Waals surface area contributed by atoms with E-state index in [0.717, 1.165) is 20.3 Å². The number of hydrogen-bond acceptors (Lipinski definition) is 4. The van der Waals surface area contributed by atoms with Crippen molar-refractivity contribution in [2.75, 3.05) is 0 Å². The average molecular weight is 313 g/mol. The molecule has 112 valence electrons. The highest BCUT2D eigenvalue weighted by atomic mass is 32.1. The molecule has 0 radical (unpaired) electrons. The van der Waals surface area contributed by atoms with Crippen LogP contribution in [0.15, 0.2) is 47.6 Å². The average Bonchev–Trinajstić information content (AvgIpc) is 3.02. The zero-order valence-electron chi connectivity index (χ0n) is 12.2. The third-order valence-corrected chi connectivity index (χ3v) is 4.52. The van der Waals surface area contributed by atoms with Gasteiger partial charge in [-0.3, -0.25) is 4.79 Å². The molecule has 0 unspecified atom stereocenters. The number of benzene rings is 1. The van der Waals surface area contributed by atoms with E-state index >= 15 is 0 Å². The van der Waals surface area contributed by atoms with Crippen LogP contribution in [0.4, 0.5) is 4.79 Å². The minimum Gasteiger partial charge on any atom is -0.318 e. The zero-order chi connectivity index (χ0) is 15.7. The molecule has 0 bridgehead atoms. The fraction of sp³-hybridized carbons (Fsp3) is 0.188. The second-order valence-electron chi connectivity index (χ2n) is 5.23. The van der Waals surface area contributed by atoms with Crippen LogP contribution < -0.4 is 5.32 Å². The smallest absolute Gasteiger partial charge is 0.318 e. The Balaban J connectivity index is 1.87. The molecule has 3 amide bonds. The molecular weight excluding hydrogens is 298 g/mol. The van der Waals surface area contributed by atoms with Gasteiger partial charge in [0.15, 0.2) is 0 Å². The first-order valence-corrected chi connectivity index (χ1v) is 7.65. The van der Waals surface area contributed by atoms with Crippen molar-refractivity contribution in [2.45, 2.75) is 19.4 Å². The molecule has 1 atom stereocenters. The molecule has 3 rings (SSSR count). The molecule has 0 aliphatic carbocycles. The van der Waals surface area contributed by atoms with Crippen molar-refractivity contribution in [3.05, 3.63) is 57.8 Å². The molecule has 5 nitrogen and oxygen atoms in total. The number of nitrogens with zero attached hydrogens (tertiary/aromatic N) is 2. The lowest BCUT2D eigenvalue weighted by atomic mass is 9.92. The Labute approximate surface area is 132 Å². The second-order valence-corrected chi connectivity index (χ2v) is 6.55. The number of urea groups is 1. The van der Waals surface area contributed by atoms with Crippen LogP contribution in [0.1, 0.15) is 22.2 Å². The standard InChI is InChI=1S/C16H15N3O2S/c1-11-8-9-13(22-11)10-17-19-14(20)16(2,18-15(19)21)12-6-4-3-5-7-12/h3-10H,1-2H3,(H,18,21)/b17-10-/t16-/m1/s1. The summed E-state index contributed by atoms with van der Waals surface area (Å²) in [5.74, 6) is -0.381. The number of nitrogens with one attached hydrogen (secondary N) is 1. The number of thiophene rings is 1. The molecular formula is C16H15N3O2S. The molecule has 2 heterocycles. The van der Waals surface area contributed by atoms with Crippen LogP contribution in [0.25, 0.3) is 0 Å². The number of carbonyl (C=O) groups is 2. The van der Waals surface area contributed by atoms with Gasteiger partial charge >= 0.3 is 6.03 Å². The van der Waals surface area contributed by atoms with E-state index in [1.165, 1.54) is 6.21 Å². The van der Waals surface area contributed by atoms with Crippen LogP contribution in [0.2, 0.25) is 0 Å². The van der Waals surface area contributed by atoms with E-state index in [9.17, 15) is 9.59 Å². The largest absolute Gasteiger partial charge is 0.346 e. The molecule has 1 aliphatic heterocycles. The van der Waals surface area contributed by atoms with Gasteiger partial charge < -0.3 is 5.32 Å². The van der Waals surface area contributed by atoms with Gasteiger partial charge in [0, 0.05) is 9.75 Å². The molecule has 1 N–H and O–H groups in total. The number of hydrogen-bond donors (Lipinski definition) is 1. The first kappa shape index (κ1) is 14.5. The van der Waals surface area contributed by atoms with Crippen LogP contribution in [-0.4, -0.2) is 23.2 Å². The van der Waals surface area contributed by atoms with Crippen molar-refractivity contribution < 1.29 is 9.59 Å². The fourth-order valence-corrected chi connectivity index (χ4v) is 3.08. The Kier molecular flexibility index (Phi) is 3.54. The van der Waals surface area contributed by atoms with Gasteiger partial charge in [-0.25, -0.2) is 4.79 Å². The molecule has 22 heavy (non-hydrogen) atoms. The third-order valence-electron chi connectivity index (χ3n) is 3.58. The number of rotatable bonds is 3. The van der Waals surface area contributed by atoms with Crippen molar-refractivity contribution in [2.24, 2.45) is 5.10 Å². The van der Waals surface area contributed by atoms with Gasteiger partial charge in [-0.1, -0.05) is 30.3 Å². The molecule has 1 aromatic carbocycles. The van der Waals surface area contributed by atoms with Gasteiger partial charge in [-0.2, -0.15) is 5.10 Å². The quantitative estimate of drug-likeness (QED) is 0.699. The Bertz CT molecular complexity index is 754. The van der Waals surface area contributed by atoms with E-state index in [0.29, 0.717) is 0 Å². The number of aryl methyl sites for hydroxylation is 1. The molecule has 1 aliphatic rings. The summed E-state index contributed by atoms with van der Waals surface area (Å²) in [5, 5.41) is 7.65. The number of imide groups is 1. The molecule has 0 spiro atoms. The number of carbonyl (C=O) groups excluding carboxylic acids is 2. The van der Waals surface area contributed by atoms with Crippen molar-refractivity contribution >= 4 is 29.5 Å². The highest BCUT2D eigenvalue weighted by Gasteiger charge is 2.49. The Morgan fingerprint density at radius 3 is 2.55 bits per heavy atom. The maximum atomic E-state index is 12.6. The first-order valence-electron chi connectivity index (χ1n) is 6.83. The van der Waals surface area contributed by atoms with Gasteiger partial charge in [0.05, 0.1) is 6.21 Å². The van der Waals surface area contributed by atoms with E-state index < -0.39 is 11.6 Å². The summed E-state index contributed by atoms with van der Waals surface area (Å²) >= 11 is 1.55. The van der Waals surface area contributed by atoms with Gasteiger partial charge in [-0.05, 0) is 31.5 Å². The minimum absolute atomic E-state index is 0.381. The van der Waals surface area contributed by atoms with Crippen molar-refractivity contribution in [1.82, 2.24) is 10.3 Å². The Hall–Kier alpha value is -2.47. The fourth-order valence-electron chi connectivity index (χ4n) is 2.33. The lowest BCUT2D eigenvalue weighted by Crippen LogP contribution is -2.40. The third kappa shape index (κ3) is 2.42. The van der Waals surface area contributed by atoms with Crippen LogP contribution >= 0.6 is 11.3 Å². The summed E-state index contributed by atoms with van der Waals surface area (Å²) < 4.78 is 0. The number of amides is 3. The number of hydrazone groups is 1. The summed E-state index contributed by atoms with van der Waals surface area (Å²) in [6, 6.07) is 12.5. The van der Waals surface area contributed by atoms with E-state index in [1.54, 1.807) is 18.3 Å². The van der Waals surface area contributed by atoms with Crippen LogP contribution in [0, 0.1) is 6.92 Å². The molecule has 1 saturated heterocycles. The molecule has 6 heteroatoms. The molecule has 0 saturated carbocycles. The van der Waals surface area contributed by atoms with E-state index in [4.69, 9.17) is 0 Å². The van der Waals surface area contributed by atoms with Crippen LogP contribution in [0.5, 0.6) is 0 Å². The van der Waals surface area contributed by atoms with E-state index in [-0.39, 0.29) is 5.91 Å². The van der Waals surface area contributed by atoms with Crippen molar-refractivity contribution in [1.29, 1.82) is 0 Å². The highest BCUT2D eigenvalue weighted by Crippen LogP contribution is 2.28. The lowest BCUT2D eigenvalue weighted by molar-refractivity contribution is -0.131. The summed E-state index contributed by atoms with van der Waals surface area (Å²) in [7, 11) is 0. The zero-order valence-corrected chi connectivity index (χ0v) is 13.1. The monoisotopic (exact) mass is 313 g/mol. The molecule has 1 aromatic heterocycles. The maximum Gasteiger partial charge on any atom is 0.346 e. The van der Waals surface area contributed by atoms with Gasteiger partial charge in [0.1, 0.15) is 5.54 Å². The Morgan fingerprint density at radius 2 is 1.91 bits per heavy atom. The normalized spacial score (nSPS) is 21.6.